The quantitative estimate of drug-likeness (QED) is 0.657. The fourth-order valence-corrected chi connectivity index (χ4v) is 4.93. The molecule has 1 unspecified atom stereocenters. The highest BCUT2D eigenvalue weighted by molar-refractivity contribution is 7.93. The number of anilines is 3. The lowest BCUT2D eigenvalue weighted by Gasteiger charge is -2.34. The number of para-hydroxylation sites is 1. The molecular weight excluding hydrogens is 402 g/mol. The summed E-state index contributed by atoms with van der Waals surface area (Å²) < 4.78 is 28.2. The molecule has 0 aliphatic carbocycles. The molecular formula is C20H17N7O2S. The van der Waals surface area contributed by atoms with Gasteiger partial charge in [-0.2, -0.15) is 5.26 Å². The maximum Gasteiger partial charge on any atom is 0.270 e. The van der Waals surface area contributed by atoms with Crippen molar-refractivity contribution in [3.05, 3.63) is 71.9 Å². The van der Waals surface area contributed by atoms with Gasteiger partial charge in [0.25, 0.3) is 10.0 Å². The van der Waals surface area contributed by atoms with Crippen LogP contribution in [-0.2, 0) is 10.0 Å². The fraction of sp³-hybridized carbons (Fsp3) is 0.100. The Labute approximate surface area is 173 Å². The van der Waals surface area contributed by atoms with Gasteiger partial charge in [0.15, 0.2) is 0 Å². The number of nitrogens with one attached hydrogen (secondary N) is 1. The van der Waals surface area contributed by atoms with Crippen LogP contribution in [0.25, 0.3) is 6.08 Å². The highest BCUT2D eigenvalue weighted by Crippen LogP contribution is 2.36. The number of rotatable bonds is 4. The van der Waals surface area contributed by atoms with Crippen molar-refractivity contribution in [2.24, 2.45) is 0 Å². The third-order valence-electron chi connectivity index (χ3n) is 4.65. The first kappa shape index (κ1) is 19.4. The summed E-state index contributed by atoms with van der Waals surface area (Å²) in [6, 6.07) is 11.8. The summed E-state index contributed by atoms with van der Waals surface area (Å²) in [5, 5.41) is 12.5. The van der Waals surface area contributed by atoms with E-state index in [2.05, 4.69) is 20.3 Å². The van der Waals surface area contributed by atoms with Crippen molar-refractivity contribution in [2.75, 3.05) is 15.4 Å². The topological polar surface area (TPSA) is 138 Å². The predicted octanol–water partition coefficient (Wildman–Crippen LogP) is 2.38. The lowest BCUT2D eigenvalue weighted by atomic mass is 10.1. The lowest BCUT2D eigenvalue weighted by molar-refractivity contribution is 0.591. The Hall–Kier alpha value is -3.97. The Morgan fingerprint density at radius 1 is 1.20 bits per heavy atom. The standard InChI is InChI=1S/C20H17N7O2S/c1-13(26-20-16(10-21)19(22)24-12-25-20)17-9-14-7-8-23-11-18(14)30(28,29)27(17)15-5-3-2-4-6-15/h2-9,11-13H,1H3,(H3,22,24,25,26). The molecule has 9 nitrogen and oxygen atoms in total. The molecule has 0 saturated heterocycles. The molecule has 0 spiro atoms. The van der Waals surface area contributed by atoms with Gasteiger partial charge in [-0.05, 0) is 36.8 Å². The molecule has 3 heterocycles. The van der Waals surface area contributed by atoms with Gasteiger partial charge in [-0.3, -0.25) is 4.98 Å². The molecule has 30 heavy (non-hydrogen) atoms. The molecule has 4 rings (SSSR count). The SMILES string of the molecule is CC(Nc1ncnc(N)c1C#N)C1=Cc2ccncc2S(=O)(=O)N1c1ccccc1. The van der Waals surface area contributed by atoms with E-state index in [-0.39, 0.29) is 22.1 Å². The van der Waals surface area contributed by atoms with Gasteiger partial charge in [0.2, 0.25) is 0 Å². The van der Waals surface area contributed by atoms with Crippen LogP contribution in [-0.4, -0.2) is 29.4 Å². The Morgan fingerprint density at radius 3 is 2.70 bits per heavy atom. The lowest BCUT2D eigenvalue weighted by Crippen LogP contribution is -2.39. The van der Waals surface area contributed by atoms with E-state index < -0.39 is 16.1 Å². The number of nitrogen functional groups attached to an aromatic ring is 1. The summed E-state index contributed by atoms with van der Waals surface area (Å²) in [6.45, 7) is 1.78. The van der Waals surface area contributed by atoms with Crippen LogP contribution in [0.1, 0.15) is 18.1 Å². The zero-order valence-corrected chi connectivity index (χ0v) is 16.7. The largest absolute Gasteiger partial charge is 0.382 e. The van der Waals surface area contributed by atoms with Crippen molar-refractivity contribution >= 4 is 33.4 Å². The summed E-state index contributed by atoms with van der Waals surface area (Å²) >= 11 is 0. The molecule has 3 N–H and O–H groups in total. The Bertz CT molecular complexity index is 1280. The number of sulfonamides is 1. The maximum atomic E-state index is 13.5. The predicted molar refractivity (Wildman–Crippen MR) is 113 cm³/mol. The van der Waals surface area contributed by atoms with Crippen molar-refractivity contribution < 1.29 is 8.42 Å². The van der Waals surface area contributed by atoms with Crippen LogP contribution in [0.15, 0.2) is 65.7 Å². The van der Waals surface area contributed by atoms with Crippen molar-refractivity contribution in [2.45, 2.75) is 17.9 Å². The highest BCUT2D eigenvalue weighted by atomic mass is 32.2. The summed E-state index contributed by atoms with van der Waals surface area (Å²) in [5.74, 6) is 0.271. The minimum atomic E-state index is -3.91. The molecule has 0 fully saturated rings. The minimum Gasteiger partial charge on any atom is -0.382 e. The number of nitriles is 1. The highest BCUT2D eigenvalue weighted by Gasteiger charge is 2.36. The van der Waals surface area contributed by atoms with Crippen LogP contribution in [0.3, 0.4) is 0 Å². The van der Waals surface area contributed by atoms with Crippen LogP contribution in [0.4, 0.5) is 17.3 Å². The number of benzene rings is 1. The summed E-state index contributed by atoms with van der Waals surface area (Å²) in [7, 11) is -3.91. The van der Waals surface area contributed by atoms with Crippen molar-refractivity contribution in [1.29, 1.82) is 5.26 Å². The molecule has 1 aromatic carbocycles. The first-order valence-corrected chi connectivity index (χ1v) is 10.4. The molecule has 1 aliphatic rings. The van der Waals surface area contributed by atoms with Gasteiger partial charge in [-0.25, -0.2) is 22.7 Å². The van der Waals surface area contributed by atoms with Crippen LogP contribution in [0.5, 0.6) is 0 Å². The van der Waals surface area contributed by atoms with Gasteiger partial charge in [-0.15, -0.1) is 0 Å². The van der Waals surface area contributed by atoms with Crippen molar-refractivity contribution in [3.63, 3.8) is 0 Å². The molecule has 0 radical (unpaired) electrons. The average molecular weight is 419 g/mol. The summed E-state index contributed by atoms with van der Waals surface area (Å²) in [5.41, 5.74) is 7.34. The maximum absolute atomic E-state index is 13.5. The first-order valence-electron chi connectivity index (χ1n) is 8.96. The molecule has 1 aliphatic heterocycles. The molecule has 3 aromatic rings. The smallest absolute Gasteiger partial charge is 0.270 e. The van der Waals surface area contributed by atoms with E-state index in [4.69, 9.17) is 5.73 Å². The fourth-order valence-electron chi connectivity index (χ4n) is 3.23. The summed E-state index contributed by atoms with van der Waals surface area (Å²) in [6.07, 6.45) is 5.90. The molecule has 1 atom stereocenters. The van der Waals surface area contributed by atoms with Gasteiger partial charge >= 0.3 is 0 Å². The van der Waals surface area contributed by atoms with E-state index in [0.717, 1.165) is 0 Å². The third kappa shape index (κ3) is 3.21. The van der Waals surface area contributed by atoms with Gasteiger partial charge in [0.05, 0.1) is 17.4 Å². The molecule has 10 heteroatoms. The minimum absolute atomic E-state index is 0.0452. The van der Waals surface area contributed by atoms with E-state index in [0.29, 0.717) is 16.9 Å². The number of pyridine rings is 1. The van der Waals surface area contributed by atoms with E-state index in [1.165, 1.54) is 23.0 Å². The normalized spacial score (nSPS) is 15.5. The zero-order chi connectivity index (χ0) is 21.3. The van der Waals surface area contributed by atoms with E-state index >= 15 is 0 Å². The number of hydrogen-bond acceptors (Lipinski definition) is 8. The first-order chi connectivity index (χ1) is 14.4. The zero-order valence-electron chi connectivity index (χ0n) is 15.9. The van der Waals surface area contributed by atoms with Gasteiger partial charge in [-0.1, -0.05) is 18.2 Å². The van der Waals surface area contributed by atoms with Crippen LogP contribution in [0.2, 0.25) is 0 Å². The molecule has 150 valence electrons. The number of nitrogens with zero attached hydrogens (tertiary/aromatic N) is 5. The van der Waals surface area contributed by atoms with Gasteiger partial charge in [0, 0.05) is 12.4 Å². The molecule has 0 amide bonds. The molecule has 2 aromatic heterocycles. The summed E-state index contributed by atoms with van der Waals surface area (Å²) in [4.78, 5) is 12.0. The Morgan fingerprint density at radius 2 is 1.97 bits per heavy atom. The number of fused-ring (bicyclic) bond motifs is 1. The van der Waals surface area contributed by atoms with Crippen LogP contribution >= 0.6 is 0 Å². The Balaban J connectivity index is 1.85. The second-order valence-corrected chi connectivity index (χ2v) is 8.30. The van der Waals surface area contributed by atoms with Crippen LogP contribution < -0.4 is 15.4 Å². The second kappa shape index (κ2) is 7.46. The number of hydrogen-bond donors (Lipinski definition) is 2. The van der Waals surface area contributed by atoms with E-state index in [1.54, 1.807) is 43.3 Å². The van der Waals surface area contributed by atoms with Crippen LogP contribution in [0, 0.1) is 11.3 Å². The molecule has 0 bridgehead atoms. The molecule has 0 saturated carbocycles. The van der Waals surface area contributed by atoms with E-state index in [1.807, 2.05) is 12.1 Å². The average Bonchev–Trinajstić information content (AvgIpc) is 2.74. The third-order valence-corrected chi connectivity index (χ3v) is 6.45. The van der Waals surface area contributed by atoms with Crippen molar-refractivity contribution in [3.8, 4) is 6.07 Å². The second-order valence-electron chi connectivity index (χ2n) is 6.55. The van der Waals surface area contributed by atoms with Crippen molar-refractivity contribution in [1.82, 2.24) is 15.0 Å². The monoisotopic (exact) mass is 419 g/mol. The Kier molecular flexibility index (Phi) is 4.81. The number of aromatic nitrogens is 3. The number of nitrogens with two attached hydrogens (primary N) is 1. The van der Waals surface area contributed by atoms with E-state index in [9.17, 15) is 13.7 Å². The van der Waals surface area contributed by atoms with Gasteiger partial charge < -0.3 is 11.1 Å². The van der Waals surface area contributed by atoms with Gasteiger partial charge in [0.1, 0.15) is 34.5 Å².